The minimum atomic E-state index is 0.312. The normalized spacial score (nSPS) is 12.0. The summed E-state index contributed by atoms with van der Waals surface area (Å²) in [6.07, 6.45) is 22.3. The summed E-state index contributed by atoms with van der Waals surface area (Å²) in [6, 6.07) is 0. The smallest absolute Gasteiger partial charge is 0.0125 e. The van der Waals surface area contributed by atoms with Crippen LogP contribution in [-0.2, 0) is 0 Å². The van der Waals surface area contributed by atoms with Gasteiger partial charge >= 0.3 is 0 Å². The van der Waals surface area contributed by atoms with Crippen LogP contribution in [0.5, 0.6) is 0 Å². The molecule has 1 N–H and O–H groups in total. The third kappa shape index (κ3) is 18.1. The molecule has 0 saturated heterocycles. The summed E-state index contributed by atoms with van der Waals surface area (Å²) in [4.78, 5) is 0. The lowest BCUT2D eigenvalue weighted by atomic mass is 9.95. The zero-order chi connectivity index (χ0) is 17.2. The third-order valence-corrected chi connectivity index (χ3v) is 4.94. The van der Waals surface area contributed by atoms with E-state index in [1.807, 2.05) is 0 Å². The summed E-state index contributed by atoms with van der Waals surface area (Å²) in [5, 5.41) is 3.66. The van der Waals surface area contributed by atoms with E-state index in [1.165, 1.54) is 96.3 Å². The molecule has 0 rings (SSSR count). The maximum absolute atomic E-state index is 3.90. The van der Waals surface area contributed by atoms with Gasteiger partial charge in [-0.3, -0.25) is 0 Å². The maximum atomic E-state index is 3.90. The first-order valence-electron chi connectivity index (χ1n) is 10.7. The van der Waals surface area contributed by atoms with Crippen LogP contribution in [0.3, 0.4) is 0 Å². The molecule has 0 unspecified atom stereocenters. The van der Waals surface area contributed by atoms with Crippen molar-refractivity contribution in [3.8, 4) is 0 Å². The van der Waals surface area contributed by atoms with Crippen molar-refractivity contribution in [2.24, 2.45) is 0 Å². The molecule has 0 atom stereocenters. The maximum Gasteiger partial charge on any atom is 0.0125 e. The van der Waals surface area contributed by atoms with Crippen LogP contribution in [0.1, 0.15) is 124 Å². The van der Waals surface area contributed by atoms with E-state index in [1.54, 1.807) is 0 Å². The first kappa shape index (κ1) is 23.0. The highest BCUT2D eigenvalue weighted by atomic mass is 14.9. The molecule has 0 saturated carbocycles. The third-order valence-electron chi connectivity index (χ3n) is 4.94. The number of unbranched alkanes of at least 4 members (excludes halogenated alkanes) is 13. The molecule has 0 bridgehead atoms. The van der Waals surface area contributed by atoms with E-state index in [4.69, 9.17) is 0 Å². The number of hydrogen-bond acceptors (Lipinski definition) is 1. The van der Waals surface area contributed by atoms with E-state index in [2.05, 4.69) is 33.0 Å². The molecule has 0 aliphatic heterocycles. The lowest BCUT2D eigenvalue weighted by molar-refractivity contribution is 0.345. The molecule has 0 aliphatic rings. The van der Waals surface area contributed by atoms with Crippen molar-refractivity contribution in [1.29, 1.82) is 0 Å². The van der Waals surface area contributed by atoms with Gasteiger partial charge in [0.1, 0.15) is 0 Å². The lowest BCUT2D eigenvalue weighted by Crippen LogP contribution is -2.39. The Morgan fingerprint density at radius 1 is 0.652 bits per heavy atom. The molecular formula is C22H46N. The van der Waals surface area contributed by atoms with E-state index in [-0.39, 0.29) is 0 Å². The molecule has 139 valence electrons. The molecule has 1 nitrogen and oxygen atoms in total. The summed E-state index contributed by atoms with van der Waals surface area (Å²) in [5.74, 6) is 0. The van der Waals surface area contributed by atoms with Crippen molar-refractivity contribution < 1.29 is 0 Å². The van der Waals surface area contributed by atoms with Crippen LogP contribution in [0.15, 0.2) is 0 Å². The number of hydrogen-bond donors (Lipinski definition) is 1. The van der Waals surface area contributed by atoms with E-state index < -0.39 is 0 Å². The first-order chi connectivity index (χ1) is 11.1. The van der Waals surface area contributed by atoms with Crippen LogP contribution in [0.4, 0.5) is 0 Å². The Balaban J connectivity index is 3.20. The van der Waals surface area contributed by atoms with Crippen molar-refractivity contribution in [1.82, 2.24) is 5.32 Å². The molecule has 0 aromatic rings. The standard InChI is InChI=1S/C22H46N/c1-5-7-9-10-11-12-13-14-15-16-17-18-19-20-22(3,4)23-21-8-6-2/h23H,2,5-21H2,1,3-4H3. The second-order valence-corrected chi connectivity index (χ2v) is 8.01. The van der Waals surface area contributed by atoms with E-state index in [9.17, 15) is 0 Å². The fourth-order valence-electron chi connectivity index (χ4n) is 3.22. The molecule has 0 heterocycles. The highest BCUT2D eigenvalue weighted by Gasteiger charge is 2.15. The molecule has 0 aromatic carbocycles. The molecule has 0 fully saturated rings. The molecule has 0 spiro atoms. The van der Waals surface area contributed by atoms with E-state index >= 15 is 0 Å². The summed E-state index contributed by atoms with van der Waals surface area (Å²) in [6.45, 7) is 12.0. The van der Waals surface area contributed by atoms with Gasteiger partial charge in [-0.2, -0.15) is 0 Å². The Labute approximate surface area is 148 Å². The second kappa shape index (κ2) is 16.8. The number of nitrogens with one attached hydrogen (secondary N) is 1. The van der Waals surface area contributed by atoms with E-state index in [0.29, 0.717) is 5.54 Å². The largest absolute Gasteiger partial charge is 0.312 e. The monoisotopic (exact) mass is 324 g/mol. The van der Waals surface area contributed by atoms with Gasteiger partial charge in [-0.25, -0.2) is 0 Å². The molecular weight excluding hydrogens is 278 g/mol. The van der Waals surface area contributed by atoms with Crippen molar-refractivity contribution in [2.75, 3.05) is 6.54 Å². The van der Waals surface area contributed by atoms with E-state index in [0.717, 1.165) is 13.0 Å². The molecule has 1 heteroatoms. The van der Waals surface area contributed by atoms with Crippen molar-refractivity contribution >= 4 is 0 Å². The summed E-state index contributed by atoms with van der Waals surface area (Å²) in [5.41, 5.74) is 0.312. The zero-order valence-corrected chi connectivity index (χ0v) is 16.7. The first-order valence-corrected chi connectivity index (χ1v) is 10.7. The number of rotatable bonds is 18. The minimum Gasteiger partial charge on any atom is -0.312 e. The van der Waals surface area contributed by atoms with Gasteiger partial charge in [-0.1, -0.05) is 104 Å². The Morgan fingerprint density at radius 3 is 1.52 bits per heavy atom. The minimum absolute atomic E-state index is 0.312. The van der Waals surface area contributed by atoms with Crippen molar-refractivity contribution in [3.63, 3.8) is 0 Å². The molecule has 0 aromatic heterocycles. The Kier molecular flexibility index (Phi) is 16.8. The fourth-order valence-corrected chi connectivity index (χ4v) is 3.22. The average molecular weight is 325 g/mol. The van der Waals surface area contributed by atoms with Crippen LogP contribution in [0, 0.1) is 6.92 Å². The van der Waals surface area contributed by atoms with Gasteiger partial charge in [-0.05, 0) is 33.2 Å². The van der Waals surface area contributed by atoms with Crippen molar-refractivity contribution in [3.05, 3.63) is 6.92 Å². The van der Waals surface area contributed by atoms with Gasteiger partial charge in [-0.15, -0.1) is 0 Å². The van der Waals surface area contributed by atoms with Gasteiger partial charge in [0.2, 0.25) is 0 Å². The Hall–Kier alpha value is -0.0400. The average Bonchev–Trinajstić information content (AvgIpc) is 2.52. The lowest BCUT2D eigenvalue weighted by Gasteiger charge is -2.26. The second-order valence-electron chi connectivity index (χ2n) is 8.01. The highest BCUT2D eigenvalue weighted by Crippen LogP contribution is 2.16. The summed E-state index contributed by atoms with van der Waals surface area (Å²) in [7, 11) is 0. The molecule has 1 radical (unpaired) electrons. The molecule has 0 amide bonds. The highest BCUT2D eigenvalue weighted by molar-refractivity contribution is 4.77. The Morgan fingerprint density at radius 2 is 1.09 bits per heavy atom. The van der Waals surface area contributed by atoms with Crippen LogP contribution in [0.25, 0.3) is 0 Å². The SMILES string of the molecule is [CH2]CCCNC(C)(C)CCCCCCCCCCCCCCC. The van der Waals surface area contributed by atoms with Crippen LogP contribution >= 0.6 is 0 Å². The quantitative estimate of drug-likeness (QED) is 0.258. The Bertz CT molecular complexity index is 222. The topological polar surface area (TPSA) is 12.0 Å². The van der Waals surface area contributed by atoms with Crippen LogP contribution in [-0.4, -0.2) is 12.1 Å². The molecule has 0 aliphatic carbocycles. The van der Waals surface area contributed by atoms with Gasteiger partial charge in [0.05, 0.1) is 0 Å². The zero-order valence-electron chi connectivity index (χ0n) is 16.7. The fraction of sp³-hybridized carbons (Fsp3) is 0.955. The predicted molar refractivity (Wildman–Crippen MR) is 107 cm³/mol. The van der Waals surface area contributed by atoms with Gasteiger partial charge in [0.15, 0.2) is 0 Å². The van der Waals surface area contributed by atoms with Crippen molar-refractivity contribution in [2.45, 2.75) is 129 Å². The van der Waals surface area contributed by atoms with Crippen LogP contribution in [0.2, 0.25) is 0 Å². The van der Waals surface area contributed by atoms with Gasteiger partial charge in [0.25, 0.3) is 0 Å². The van der Waals surface area contributed by atoms with Gasteiger partial charge < -0.3 is 5.32 Å². The summed E-state index contributed by atoms with van der Waals surface area (Å²) < 4.78 is 0. The summed E-state index contributed by atoms with van der Waals surface area (Å²) >= 11 is 0. The predicted octanol–water partition coefficient (Wildman–Crippen LogP) is 7.45. The van der Waals surface area contributed by atoms with Crippen LogP contribution < -0.4 is 5.32 Å². The molecule has 23 heavy (non-hydrogen) atoms. The van der Waals surface area contributed by atoms with Gasteiger partial charge in [0, 0.05) is 5.54 Å².